The Balaban J connectivity index is 1.42. The molecule has 1 unspecified atom stereocenters. The zero-order valence-electron chi connectivity index (χ0n) is 26.6. The van der Waals surface area contributed by atoms with Crippen LogP contribution in [0.25, 0.3) is 22.3 Å². The minimum atomic E-state index is -2.17. The van der Waals surface area contributed by atoms with E-state index in [1.165, 1.54) is 30.3 Å². The number of halogens is 2. The van der Waals surface area contributed by atoms with Crippen LogP contribution in [-0.4, -0.2) is 78.9 Å². The average molecular weight is 725 g/mol. The van der Waals surface area contributed by atoms with Crippen molar-refractivity contribution in [3.05, 3.63) is 112 Å². The molecule has 1 aliphatic heterocycles. The molecule has 5 aromatic rings. The lowest BCUT2D eigenvalue weighted by atomic mass is 10.0. The Bertz CT molecular complexity index is 2140. The summed E-state index contributed by atoms with van der Waals surface area (Å²) in [4.78, 5) is 27.1. The summed E-state index contributed by atoms with van der Waals surface area (Å²) in [6.07, 6.45) is -12.5. The number of carbonyl (C=O) groups is 1. The van der Waals surface area contributed by atoms with Gasteiger partial charge in [0.2, 0.25) is 17.5 Å². The number of ether oxygens (including phenoxy) is 4. The third-order valence-electron chi connectivity index (χ3n) is 8.05. The smallest absolute Gasteiger partial charge is 0.310 e. The summed E-state index contributed by atoms with van der Waals surface area (Å²) in [5.41, 5.74) is -0.804. The number of phenolic OH excluding ortho intramolecular Hbond substituents is 4. The average Bonchev–Trinajstić information content (AvgIpc) is 3.09. The molecular weight excluding hydrogens is 694 g/mol. The van der Waals surface area contributed by atoms with E-state index in [0.29, 0.717) is 11.1 Å². The second-order valence-electron chi connectivity index (χ2n) is 11.8. The summed E-state index contributed by atoms with van der Waals surface area (Å²) < 4.78 is 55.5. The monoisotopic (exact) mass is 724 g/mol. The zero-order valence-corrected chi connectivity index (χ0v) is 26.6. The largest absolute Gasteiger partial charge is 0.508 e. The molecule has 1 fully saturated rings. The van der Waals surface area contributed by atoms with Crippen molar-refractivity contribution in [2.45, 2.75) is 50.0 Å². The molecule has 1 aliphatic rings. The first-order valence-electron chi connectivity index (χ1n) is 15.5. The minimum absolute atomic E-state index is 0.0837. The van der Waals surface area contributed by atoms with Gasteiger partial charge in [-0.15, -0.1) is 0 Å². The lowest BCUT2D eigenvalue weighted by Crippen LogP contribution is -2.62. The normalized spacial score (nSPS) is 20.8. The van der Waals surface area contributed by atoms with Crippen molar-refractivity contribution in [3.8, 4) is 40.1 Å². The van der Waals surface area contributed by atoms with Crippen LogP contribution in [0.3, 0.4) is 0 Å². The number of hydrogen-bond donors (Lipinski definition) is 7. The Morgan fingerprint density at radius 3 is 2.12 bits per heavy atom. The molecule has 4 aromatic carbocycles. The molecule has 2 heterocycles. The highest BCUT2D eigenvalue weighted by Crippen LogP contribution is 2.40. The summed E-state index contributed by atoms with van der Waals surface area (Å²) >= 11 is 0. The van der Waals surface area contributed by atoms with E-state index in [-0.39, 0.29) is 17.6 Å². The van der Waals surface area contributed by atoms with E-state index in [9.17, 15) is 54.1 Å². The van der Waals surface area contributed by atoms with E-state index in [1.807, 2.05) is 0 Å². The van der Waals surface area contributed by atoms with Crippen LogP contribution in [0, 0.1) is 11.6 Å². The first-order chi connectivity index (χ1) is 24.8. The maximum Gasteiger partial charge on any atom is 0.310 e. The molecule has 6 atom stereocenters. The lowest BCUT2D eigenvalue weighted by Gasteiger charge is -2.42. The molecule has 14 nitrogen and oxygen atoms in total. The van der Waals surface area contributed by atoms with Gasteiger partial charge in [0.15, 0.2) is 42.0 Å². The van der Waals surface area contributed by atoms with Crippen LogP contribution in [0.15, 0.2) is 88.1 Å². The SMILES string of the molecule is O=C(Cc1ccc(F)cc1)O[C@H]1[C@@H](O)[C@@H](O)O[C@@H](Oc2c(-c3ccc(O)c(O)c3)oc3cc(O)cc(O)c3c2=O)[C@@H]1OC(O)Cc1ccc(F)cc1. The highest BCUT2D eigenvalue weighted by molar-refractivity contribution is 5.88. The van der Waals surface area contributed by atoms with Crippen molar-refractivity contribution in [2.75, 3.05) is 0 Å². The van der Waals surface area contributed by atoms with Gasteiger partial charge in [-0.05, 0) is 53.6 Å². The Kier molecular flexibility index (Phi) is 10.3. The van der Waals surface area contributed by atoms with Gasteiger partial charge in [0.1, 0.15) is 40.2 Å². The highest BCUT2D eigenvalue weighted by Gasteiger charge is 2.50. The topological polar surface area (TPSA) is 226 Å². The van der Waals surface area contributed by atoms with Gasteiger partial charge in [-0.1, -0.05) is 24.3 Å². The van der Waals surface area contributed by atoms with Crippen LogP contribution < -0.4 is 10.2 Å². The predicted molar refractivity (Wildman–Crippen MR) is 173 cm³/mol. The fraction of sp³-hybridized carbons (Fsp3) is 0.222. The Morgan fingerprint density at radius 2 is 1.46 bits per heavy atom. The van der Waals surface area contributed by atoms with Gasteiger partial charge in [-0.3, -0.25) is 9.59 Å². The zero-order chi connectivity index (χ0) is 37.3. The predicted octanol–water partition coefficient (Wildman–Crippen LogP) is 3.08. The third-order valence-corrected chi connectivity index (χ3v) is 8.05. The van der Waals surface area contributed by atoms with Gasteiger partial charge in [0.05, 0.1) is 6.42 Å². The first kappa shape index (κ1) is 36.0. The maximum absolute atomic E-state index is 14.0. The van der Waals surface area contributed by atoms with Crippen LogP contribution in [0.4, 0.5) is 8.78 Å². The molecule has 1 aromatic heterocycles. The van der Waals surface area contributed by atoms with Crippen molar-refractivity contribution in [1.29, 1.82) is 0 Å². The van der Waals surface area contributed by atoms with Crippen molar-refractivity contribution < 1.29 is 72.7 Å². The quantitative estimate of drug-likeness (QED) is 0.0625. The van der Waals surface area contributed by atoms with Crippen LogP contribution in [0.2, 0.25) is 0 Å². The Labute approximate surface area is 291 Å². The number of esters is 1. The van der Waals surface area contributed by atoms with Crippen LogP contribution in [-0.2, 0) is 31.8 Å². The Hall–Kier alpha value is -5.78. The lowest BCUT2D eigenvalue weighted by molar-refractivity contribution is -0.345. The molecule has 0 spiro atoms. The molecule has 7 N–H and O–H groups in total. The molecule has 1 saturated heterocycles. The van der Waals surface area contributed by atoms with Gasteiger partial charge in [0.25, 0.3) is 0 Å². The minimum Gasteiger partial charge on any atom is -0.508 e. The molecule has 52 heavy (non-hydrogen) atoms. The first-order valence-corrected chi connectivity index (χ1v) is 15.5. The second-order valence-corrected chi connectivity index (χ2v) is 11.8. The fourth-order valence-corrected chi connectivity index (χ4v) is 5.54. The molecular formula is C36H30F2O14. The van der Waals surface area contributed by atoms with Gasteiger partial charge in [-0.2, -0.15) is 0 Å². The number of benzene rings is 4. The molecule has 0 saturated carbocycles. The number of phenols is 4. The number of rotatable bonds is 10. The van der Waals surface area contributed by atoms with E-state index < -0.39 is 107 Å². The van der Waals surface area contributed by atoms with Gasteiger partial charge >= 0.3 is 5.97 Å². The number of hydrogen-bond acceptors (Lipinski definition) is 14. The van der Waals surface area contributed by atoms with Gasteiger partial charge < -0.3 is 59.1 Å². The van der Waals surface area contributed by atoms with E-state index >= 15 is 0 Å². The van der Waals surface area contributed by atoms with Crippen LogP contribution in [0.1, 0.15) is 11.1 Å². The number of fused-ring (bicyclic) bond motifs is 1. The molecule has 6 rings (SSSR count). The maximum atomic E-state index is 14.0. The number of carbonyl (C=O) groups excluding carboxylic acids is 1. The molecule has 0 amide bonds. The number of aromatic hydroxyl groups is 4. The third kappa shape index (κ3) is 7.75. The summed E-state index contributed by atoms with van der Waals surface area (Å²) in [5.74, 6) is -5.72. The van der Waals surface area contributed by atoms with Crippen molar-refractivity contribution in [3.63, 3.8) is 0 Å². The summed E-state index contributed by atoms with van der Waals surface area (Å²) in [6, 6.07) is 15.0. The molecule has 0 aliphatic carbocycles. The number of aliphatic hydroxyl groups excluding tert-OH is 3. The Morgan fingerprint density at radius 1 is 0.808 bits per heavy atom. The molecule has 16 heteroatoms. The summed E-state index contributed by atoms with van der Waals surface area (Å²) in [6.45, 7) is 0. The van der Waals surface area contributed by atoms with E-state index in [0.717, 1.165) is 48.5 Å². The van der Waals surface area contributed by atoms with E-state index in [1.54, 1.807) is 0 Å². The number of aliphatic hydroxyl groups is 3. The van der Waals surface area contributed by atoms with Crippen molar-refractivity contribution in [1.82, 2.24) is 0 Å². The fourth-order valence-electron chi connectivity index (χ4n) is 5.54. The van der Waals surface area contributed by atoms with Crippen molar-refractivity contribution in [2.24, 2.45) is 0 Å². The highest BCUT2D eigenvalue weighted by atomic mass is 19.1. The molecule has 272 valence electrons. The second kappa shape index (κ2) is 14.8. The molecule has 0 radical (unpaired) electrons. The van der Waals surface area contributed by atoms with Gasteiger partial charge in [-0.25, -0.2) is 8.78 Å². The van der Waals surface area contributed by atoms with Crippen LogP contribution in [0.5, 0.6) is 28.7 Å². The summed E-state index contributed by atoms with van der Waals surface area (Å²) in [7, 11) is 0. The molecule has 0 bridgehead atoms. The van der Waals surface area contributed by atoms with Gasteiger partial charge in [0, 0.05) is 24.1 Å². The van der Waals surface area contributed by atoms with E-state index in [4.69, 9.17) is 23.4 Å². The van der Waals surface area contributed by atoms with Crippen molar-refractivity contribution >= 4 is 16.9 Å². The standard InChI is InChI=1S/C36H30F2O14/c37-19-6-1-16(2-7-19)11-26(43)49-33-30(46)35(47)52-36(34(33)50-27(44)12-17-3-8-20(38)9-4-17)51-32-29(45)28-24(42)14-21(39)15-25(28)48-31(32)18-5-10-22(40)23(41)13-18/h1-10,13-15,27,30,33-36,39-42,44,46-47H,11-12H2/t27?,30-,33+,34-,35+,36-/m1/s1. The van der Waals surface area contributed by atoms with E-state index in [2.05, 4.69) is 0 Å². The summed E-state index contributed by atoms with van der Waals surface area (Å²) in [5, 5.41) is 72.9. The van der Waals surface area contributed by atoms with Crippen LogP contribution >= 0.6 is 0 Å².